The van der Waals surface area contributed by atoms with Gasteiger partial charge in [-0.15, -0.1) is 0 Å². The summed E-state index contributed by atoms with van der Waals surface area (Å²) in [6.45, 7) is 3.63. The molecule has 0 fully saturated rings. The molecule has 0 unspecified atom stereocenters. The second-order valence-corrected chi connectivity index (χ2v) is 6.09. The predicted octanol–water partition coefficient (Wildman–Crippen LogP) is 2.28. The van der Waals surface area contributed by atoms with Crippen LogP contribution in [0.1, 0.15) is 27.3 Å². The van der Waals surface area contributed by atoms with E-state index in [9.17, 15) is 9.59 Å². The summed E-state index contributed by atoms with van der Waals surface area (Å²) in [6, 6.07) is 8.80. The fourth-order valence-electron chi connectivity index (χ4n) is 2.71. The molecule has 0 aliphatic carbocycles. The Hall–Kier alpha value is -3.42. The highest BCUT2D eigenvalue weighted by atomic mass is 16.5. The van der Waals surface area contributed by atoms with E-state index in [-0.39, 0.29) is 12.5 Å². The summed E-state index contributed by atoms with van der Waals surface area (Å²) in [6.07, 6.45) is 0.626. The van der Waals surface area contributed by atoms with Crippen LogP contribution in [-0.4, -0.2) is 40.3 Å². The number of carboxylic acid groups (broad SMARTS) is 1. The molecule has 0 saturated carbocycles. The van der Waals surface area contributed by atoms with E-state index in [4.69, 9.17) is 14.4 Å². The van der Waals surface area contributed by atoms with Crippen LogP contribution >= 0.6 is 0 Å². The van der Waals surface area contributed by atoms with Crippen molar-refractivity contribution in [3.8, 4) is 5.75 Å². The van der Waals surface area contributed by atoms with E-state index in [1.807, 2.05) is 12.1 Å². The molecule has 3 rings (SSSR count). The Morgan fingerprint density at radius 3 is 2.67 bits per heavy atom. The average Bonchev–Trinajstić information content (AvgIpc) is 3.01. The second-order valence-electron chi connectivity index (χ2n) is 6.09. The van der Waals surface area contributed by atoms with Gasteiger partial charge in [0.2, 0.25) is 0 Å². The molecule has 0 bridgehead atoms. The minimum absolute atomic E-state index is 0.210. The van der Waals surface area contributed by atoms with Crippen molar-refractivity contribution in [1.29, 1.82) is 0 Å². The van der Waals surface area contributed by atoms with Crippen LogP contribution in [0.15, 0.2) is 34.9 Å². The molecule has 27 heavy (non-hydrogen) atoms. The van der Waals surface area contributed by atoms with Gasteiger partial charge in [0.15, 0.2) is 6.61 Å². The topological polar surface area (TPSA) is 115 Å². The van der Waals surface area contributed by atoms with Crippen LogP contribution in [-0.2, 0) is 11.2 Å². The first-order valence-corrected chi connectivity index (χ1v) is 8.39. The maximum atomic E-state index is 12.6. The largest absolute Gasteiger partial charge is 0.482 e. The molecule has 3 aromatic rings. The fourth-order valence-corrected chi connectivity index (χ4v) is 2.71. The van der Waals surface area contributed by atoms with Crippen LogP contribution in [0.4, 0.5) is 0 Å². The number of aryl methyl sites for hydroxylation is 2. The third kappa shape index (κ3) is 4.41. The van der Waals surface area contributed by atoms with Crippen molar-refractivity contribution < 1.29 is 24.0 Å². The predicted molar refractivity (Wildman–Crippen MR) is 96.9 cm³/mol. The highest BCUT2D eigenvalue weighted by Gasteiger charge is 2.17. The van der Waals surface area contributed by atoms with Gasteiger partial charge in [0, 0.05) is 12.2 Å². The molecule has 0 aliphatic rings. The Morgan fingerprint density at radius 1 is 1.22 bits per heavy atom. The summed E-state index contributed by atoms with van der Waals surface area (Å²) in [7, 11) is 0. The number of fused-ring (bicyclic) bond motifs is 1. The summed E-state index contributed by atoms with van der Waals surface area (Å²) in [4.78, 5) is 27.3. The van der Waals surface area contributed by atoms with E-state index in [1.165, 1.54) is 0 Å². The SMILES string of the molecule is Cc1cc(C(=O)NCCc2ccc(OCC(=O)O)cc2)c2c(C)noc2n1. The summed E-state index contributed by atoms with van der Waals surface area (Å²) >= 11 is 0. The molecule has 0 atom stereocenters. The third-order valence-electron chi connectivity index (χ3n) is 3.97. The van der Waals surface area contributed by atoms with E-state index >= 15 is 0 Å². The number of amides is 1. The van der Waals surface area contributed by atoms with E-state index in [1.54, 1.807) is 32.0 Å². The minimum atomic E-state index is -1.02. The zero-order valence-electron chi connectivity index (χ0n) is 15.0. The third-order valence-corrected chi connectivity index (χ3v) is 3.97. The van der Waals surface area contributed by atoms with E-state index in [2.05, 4.69) is 15.5 Å². The van der Waals surface area contributed by atoms with Crippen molar-refractivity contribution in [2.45, 2.75) is 20.3 Å². The van der Waals surface area contributed by atoms with Gasteiger partial charge in [0.05, 0.1) is 16.6 Å². The number of aliphatic carboxylic acids is 1. The molecule has 0 saturated heterocycles. The summed E-state index contributed by atoms with van der Waals surface area (Å²) in [5.41, 5.74) is 3.15. The quantitative estimate of drug-likeness (QED) is 0.656. The number of carboxylic acids is 1. The molecule has 2 heterocycles. The Morgan fingerprint density at radius 2 is 1.96 bits per heavy atom. The van der Waals surface area contributed by atoms with E-state index in [0.29, 0.717) is 46.8 Å². The van der Waals surface area contributed by atoms with Crippen molar-refractivity contribution in [3.63, 3.8) is 0 Å². The molecule has 1 aromatic carbocycles. The molecule has 8 heteroatoms. The second kappa shape index (κ2) is 7.86. The molecular formula is C19H19N3O5. The van der Waals surface area contributed by atoms with Gasteiger partial charge in [0.25, 0.3) is 11.6 Å². The summed E-state index contributed by atoms with van der Waals surface area (Å²) in [5, 5.41) is 16.0. The Balaban J connectivity index is 1.60. The number of nitrogens with one attached hydrogen (secondary N) is 1. The maximum Gasteiger partial charge on any atom is 0.341 e. The van der Waals surface area contributed by atoms with E-state index < -0.39 is 5.97 Å². The molecule has 1 amide bonds. The maximum absolute atomic E-state index is 12.6. The van der Waals surface area contributed by atoms with Crippen LogP contribution in [0.3, 0.4) is 0 Å². The number of hydrogen-bond donors (Lipinski definition) is 2. The normalized spacial score (nSPS) is 10.7. The standard InChI is InChI=1S/C19H19N3O5/c1-11-9-15(17-12(2)22-27-19(17)21-11)18(25)20-8-7-13-3-5-14(6-4-13)26-10-16(23)24/h3-6,9H,7-8,10H2,1-2H3,(H,20,25)(H,23,24). The van der Waals surface area contributed by atoms with Crippen molar-refractivity contribution >= 4 is 23.0 Å². The van der Waals surface area contributed by atoms with Crippen molar-refractivity contribution in [3.05, 3.63) is 52.8 Å². The van der Waals surface area contributed by atoms with Gasteiger partial charge in [-0.05, 0) is 44.0 Å². The smallest absolute Gasteiger partial charge is 0.341 e. The van der Waals surface area contributed by atoms with Gasteiger partial charge in [-0.3, -0.25) is 4.79 Å². The number of rotatable bonds is 7. The number of ether oxygens (including phenoxy) is 1. The number of benzene rings is 1. The highest BCUT2D eigenvalue weighted by Crippen LogP contribution is 2.21. The number of nitrogens with zero attached hydrogens (tertiary/aromatic N) is 2. The zero-order chi connectivity index (χ0) is 19.4. The van der Waals surface area contributed by atoms with Gasteiger partial charge in [0.1, 0.15) is 5.75 Å². The van der Waals surface area contributed by atoms with Gasteiger partial charge in [-0.1, -0.05) is 17.3 Å². The Kier molecular flexibility index (Phi) is 5.35. The lowest BCUT2D eigenvalue weighted by atomic mass is 10.1. The molecule has 0 radical (unpaired) electrons. The molecule has 140 valence electrons. The van der Waals surface area contributed by atoms with Crippen molar-refractivity contribution in [2.24, 2.45) is 0 Å². The lowest BCUT2D eigenvalue weighted by molar-refractivity contribution is -0.139. The lowest BCUT2D eigenvalue weighted by Crippen LogP contribution is -2.26. The highest BCUT2D eigenvalue weighted by molar-refractivity contribution is 6.06. The van der Waals surface area contributed by atoms with Crippen LogP contribution in [0.5, 0.6) is 5.75 Å². The van der Waals surface area contributed by atoms with Gasteiger partial charge < -0.3 is 19.7 Å². The monoisotopic (exact) mass is 369 g/mol. The number of carbonyl (C=O) groups is 2. The first-order valence-electron chi connectivity index (χ1n) is 8.39. The van der Waals surface area contributed by atoms with E-state index in [0.717, 1.165) is 5.56 Å². The first-order chi connectivity index (χ1) is 12.9. The molecule has 8 nitrogen and oxygen atoms in total. The van der Waals surface area contributed by atoms with Crippen LogP contribution in [0, 0.1) is 13.8 Å². The molecule has 0 aliphatic heterocycles. The fraction of sp³-hybridized carbons (Fsp3) is 0.263. The summed E-state index contributed by atoms with van der Waals surface area (Å²) in [5.74, 6) is -0.744. The first kappa shape index (κ1) is 18.4. The lowest BCUT2D eigenvalue weighted by Gasteiger charge is -2.08. The molecule has 2 aromatic heterocycles. The number of carbonyl (C=O) groups excluding carboxylic acids is 1. The van der Waals surface area contributed by atoms with Crippen molar-refractivity contribution in [2.75, 3.05) is 13.2 Å². The number of pyridine rings is 1. The molecule has 2 N–H and O–H groups in total. The number of aromatic nitrogens is 2. The zero-order valence-corrected chi connectivity index (χ0v) is 15.0. The van der Waals surface area contributed by atoms with Crippen LogP contribution in [0.2, 0.25) is 0 Å². The van der Waals surface area contributed by atoms with Gasteiger partial charge in [-0.2, -0.15) is 0 Å². The van der Waals surface area contributed by atoms with Crippen LogP contribution < -0.4 is 10.1 Å². The molecule has 0 spiro atoms. The van der Waals surface area contributed by atoms with Gasteiger partial charge in [-0.25, -0.2) is 9.78 Å². The van der Waals surface area contributed by atoms with Crippen molar-refractivity contribution in [1.82, 2.24) is 15.5 Å². The average molecular weight is 369 g/mol. The van der Waals surface area contributed by atoms with Crippen LogP contribution in [0.25, 0.3) is 11.1 Å². The molecular weight excluding hydrogens is 350 g/mol. The minimum Gasteiger partial charge on any atom is -0.482 e. The Bertz CT molecular complexity index is 979. The number of hydrogen-bond acceptors (Lipinski definition) is 6. The summed E-state index contributed by atoms with van der Waals surface area (Å²) < 4.78 is 10.2. The van der Waals surface area contributed by atoms with Gasteiger partial charge >= 0.3 is 5.97 Å². The Labute approximate surface area is 155 Å².